The summed E-state index contributed by atoms with van der Waals surface area (Å²) in [6.07, 6.45) is 1.68. The SMILES string of the molecule is CS(=O)(=O)N1CCC(CS(N)(=O)=O)C1. The summed E-state index contributed by atoms with van der Waals surface area (Å²) >= 11 is 0. The minimum absolute atomic E-state index is 0.140. The van der Waals surface area contributed by atoms with Gasteiger partial charge >= 0.3 is 0 Å². The highest BCUT2D eigenvalue weighted by Crippen LogP contribution is 2.19. The Morgan fingerprint density at radius 1 is 1.36 bits per heavy atom. The van der Waals surface area contributed by atoms with E-state index >= 15 is 0 Å². The minimum atomic E-state index is -3.50. The van der Waals surface area contributed by atoms with Crippen molar-refractivity contribution < 1.29 is 16.8 Å². The van der Waals surface area contributed by atoms with E-state index in [0.717, 1.165) is 6.26 Å². The summed E-state index contributed by atoms with van der Waals surface area (Å²) < 4.78 is 45.0. The third-order valence-corrected chi connectivity index (χ3v) is 4.39. The molecule has 0 aliphatic carbocycles. The molecule has 0 spiro atoms. The van der Waals surface area contributed by atoms with Crippen molar-refractivity contribution in [3.8, 4) is 0 Å². The van der Waals surface area contributed by atoms with Crippen LogP contribution in [0.3, 0.4) is 0 Å². The van der Waals surface area contributed by atoms with Crippen LogP contribution in [0.1, 0.15) is 6.42 Å². The molecule has 0 aromatic heterocycles. The zero-order valence-corrected chi connectivity index (χ0v) is 9.51. The summed E-state index contributed by atoms with van der Waals surface area (Å²) in [5.41, 5.74) is 0. The van der Waals surface area contributed by atoms with Gasteiger partial charge in [0, 0.05) is 13.1 Å². The number of primary sulfonamides is 1. The number of rotatable bonds is 3. The van der Waals surface area contributed by atoms with Gasteiger partial charge in [-0.1, -0.05) is 0 Å². The Kier molecular flexibility index (Phi) is 3.20. The van der Waals surface area contributed by atoms with Gasteiger partial charge in [0.1, 0.15) is 0 Å². The molecule has 0 aromatic rings. The van der Waals surface area contributed by atoms with Crippen LogP contribution in [0.25, 0.3) is 0 Å². The zero-order valence-electron chi connectivity index (χ0n) is 7.88. The lowest BCUT2D eigenvalue weighted by Crippen LogP contribution is -2.29. The number of hydrogen-bond donors (Lipinski definition) is 1. The van der Waals surface area contributed by atoms with Crippen molar-refractivity contribution in [1.29, 1.82) is 0 Å². The Bertz CT molecular complexity index is 400. The Morgan fingerprint density at radius 2 is 1.93 bits per heavy atom. The quantitative estimate of drug-likeness (QED) is 0.655. The molecule has 8 heteroatoms. The summed E-state index contributed by atoms with van der Waals surface area (Å²) in [5.74, 6) is -0.307. The Balaban J connectivity index is 2.59. The summed E-state index contributed by atoms with van der Waals surface area (Å²) in [6, 6.07) is 0. The molecule has 0 radical (unpaired) electrons. The van der Waals surface area contributed by atoms with E-state index in [0.29, 0.717) is 13.0 Å². The third-order valence-electron chi connectivity index (χ3n) is 2.19. The Hall–Kier alpha value is -0.180. The van der Waals surface area contributed by atoms with E-state index in [9.17, 15) is 16.8 Å². The second-order valence-corrected chi connectivity index (χ2v) is 7.25. The lowest BCUT2D eigenvalue weighted by atomic mass is 10.2. The van der Waals surface area contributed by atoms with E-state index in [-0.39, 0.29) is 18.2 Å². The van der Waals surface area contributed by atoms with Crippen molar-refractivity contribution in [1.82, 2.24) is 4.31 Å². The molecule has 1 unspecified atom stereocenters. The smallest absolute Gasteiger partial charge is 0.211 e. The van der Waals surface area contributed by atoms with Gasteiger partial charge in [-0.2, -0.15) is 0 Å². The van der Waals surface area contributed by atoms with Gasteiger partial charge in [0.2, 0.25) is 20.0 Å². The molecule has 0 bridgehead atoms. The van der Waals surface area contributed by atoms with Gasteiger partial charge < -0.3 is 0 Å². The number of hydrogen-bond acceptors (Lipinski definition) is 4. The number of nitrogens with two attached hydrogens (primary N) is 1. The molecule has 1 atom stereocenters. The predicted octanol–water partition coefficient (Wildman–Crippen LogP) is -1.44. The van der Waals surface area contributed by atoms with Crippen molar-refractivity contribution in [2.75, 3.05) is 25.1 Å². The predicted molar refractivity (Wildman–Crippen MR) is 52.5 cm³/mol. The minimum Gasteiger partial charge on any atom is -0.229 e. The van der Waals surface area contributed by atoms with Crippen molar-refractivity contribution >= 4 is 20.0 Å². The zero-order chi connectivity index (χ0) is 11.0. The van der Waals surface area contributed by atoms with Crippen LogP contribution in [0, 0.1) is 5.92 Å². The van der Waals surface area contributed by atoms with Gasteiger partial charge in [0.15, 0.2) is 0 Å². The highest BCUT2D eigenvalue weighted by molar-refractivity contribution is 7.89. The molecular weight excluding hydrogens is 228 g/mol. The van der Waals surface area contributed by atoms with E-state index in [2.05, 4.69) is 0 Å². The maximum absolute atomic E-state index is 11.1. The van der Waals surface area contributed by atoms with Crippen LogP contribution in [-0.4, -0.2) is 46.2 Å². The molecule has 0 amide bonds. The molecular formula is C6H14N2O4S2. The highest BCUT2D eigenvalue weighted by Gasteiger charge is 2.30. The van der Waals surface area contributed by atoms with Gasteiger partial charge in [0.05, 0.1) is 12.0 Å². The molecule has 1 aliphatic heterocycles. The van der Waals surface area contributed by atoms with E-state index in [1.54, 1.807) is 0 Å². The van der Waals surface area contributed by atoms with E-state index in [1.165, 1.54) is 4.31 Å². The van der Waals surface area contributed by atoms with E-state index < -0.39 is 20.0 Å². The van der Waals surface area contributed by atoms with Gasteiger partial charge in [-0.25, -0.2) is 26.3 Å². The molecule has 0 saturated carbocycles. The molecule has 0 aromatic carbocycles. The molecule has 1 saturated heterocycles. The first-order valence-electron chi connectivity index (χ1n) is 4.14. The number of nitrogens with zero attached hydrogens (tertiary/aromatic N) is 1. The summed E-state index contributed by atoms with van der Waals surface area (Å²) in [7, 11) is -6.69. The average molecular weight is 242 g/mol. The van der Waals surface area contributed by atoms with Gasteiger partial charge in [-0.05, 0) is 12.3 Å². The normalized spacial score (nSPS) is 25.4. The fraction of sp³-hybridized carbons (Fsp3) is 1.00. The molecule has 6 nitrogen and oxygen atoms in total. The van der Waals surface area contributed by atoms with Crippen molar-refractivity contribution in [2.45, 2.75) is 6.42 Å². The first-order valence-corrected chi connectivity index (χ1v) is 7.70. The van der Waals surface area contributed by atoms with Crippen LogP contribution in [0.5, 0.6) is 0 Å². The van der Waals surface area contributed by atoms with Crippen molar-refractivity contribution in [3.05, 3.63) is 0 Å². The maximum Gasteiger partial charge on any atom is 0.211 e. The Labute approximate surface area is 84.2 Å². The van der Waals surface area contributed by atoms with Crippen LogP contribution < -0.4 is 5.14 Å². The maximum atomic E-state index is 11.1. The lowest BCUT2D eigenvalue weighted by molar-refractivity contribution is 0.468. The fourth-order valence-electron chi connectivity index (χ4n) is 1.56. The summed E-state index contributed by atoms with van der Waals surface area (Å²) in [5, 5.41) is 4.87. The second kappa shape index (κ2) is 3.76. The van der Waals surface area contributed by atoms with Crippen LogP contribution in [0.15, 0.2) is 0 Å². The van der Waals surface area contributed by atoms with Crippen LogP contribution in [0.4, 0.5) is 0 Å². The standard InChI is InChI=1S/C6H14N2O4S2/c1-13(9,10)8-3-2-6(4-8)5-14(7,11)12/h6H,2-5H2,1H3,(H2,7,11,12). The monoisotopic (exact) mass is 242 g/mol. The van der Waals surface area contributed by atoms with E-state index in [1.807, 2.05) is 0 Å². The topological polar surface area (TPSA) is 97.5 Å². The molecule has 14 heavy (non-hydrogen) atoms. The van der Waals surface area contributed by atoms with Crippen LogP contribution in [-0.2, 0) is 20.0 Å². The molecule has 1 fully saturated rings. The third kappa shape index (κ3) is 3.52. The first kappa shape index (κ1) is 11.9. The number of sulfonamides is 2. The molecule has 1 heterocycles. The van der Waals surface area contributed by atoms with Crippen molar-refractivity contribution in [3.63, 3.8) is 0 Å². The van der Waals surface area contributed by atoms with E-state index in [4.69, 9.17) is 5.14 Å². The van der Waals surface area contributed by atoms with Crippen molar-refractivity contribution in [2.24, 2.45) is 11.1 Å². The van der Waals surface area contributed by atoms with Gasteiger partial charge in [-0.3, -0.25) is 0 Å². The van der Waals surface area contributed by atoms with Crippen LogP contribution >= 0.6 is 0 Å². The second-order valence-electron chi connectivity index (χ2n) is 3.61. The molecule has 1 rings (SSSR count). The molecule has 1 aliphatic rings. The molecule has 2 N–H and O–H groups in total. The fourth-order valence-corrected chi connectivity index (χ4v) is 3.41. The average Bonchev–Trinajstić information content (AvgIpc) is 2.29. The molecule has 84 valence electrons. The first-order chi connectivity index (χ1) is 6.18. The lowest BCUT2D eigenvalue weighted by Gasteiger charge is -2.12. The summed E-state index contributed by atoms with van der Waals surface area (Å²) in [6.45, 7) is 0.647. The van der Waals surface area contributed by atoms with Crippen LogP contribution in [0.2, 0.25) is 0 Å². The highest BCUT2D eigenvalue weighted by atomic mass is 32.2. The van der Waals surface area contributed by atoms with Gasteiger partial charge in [0.25, 0.3) is 0 Å². The largest absolute Gasteiger partial charge is 0.229 e. The van der Waals surface area contributed by atoms with Gasteiger partial charge in [-0.15, -0.1) is 0 Å². The Morgan fingerprint density at radius 3 is 2.29 bits per heavy atom. The summed E-state index contributed by atoms with van der Waals surface area (Å²) in [4.78, 5) is 0.